The van der Waals surface area contributed by atoms with E-state index in [9.17, 15) is 9.18 Å². The van der Waals surface area contributed by atoms with Crippen LogP contribution in [0.3, 0.4) is 0 Å². The fourth-order valence-corrected chi connectivity index (χ4v) is 1.39. The number of thiocarbonyl (C=S) groups is 1. The second-order valence-electron chi connectivity index (χ2n) is 2.60. The van der Waals surface area contributed by atoms with Crippen LogP contribution < -0.4 is 16.6 Å². The molecule has 0 heterocycles. The molecule has 7 heteroatoms. The van der Waals surface area contributed by atoms with Crippen LogP contribution in [-0.2, 0) is 0 Å². The number of amides is 1. The van der Waals surface area contributed by atoms with Gasteiger partial charge in [0.2, 0.25) is 0 Å². The molecule has 0 aliphatic carbocycles. The average molecular weight is 292 g/mol. The van der Waals surface area contributed by atoms with E-state index in [4.69, 9.17) is 5.73 Å². The third-order valence-corrected chi connectivity index (χ3v) is 1.98. The van der Waals surface area contributed by atoms with Gasteiger partial charge >= 0.3 is 0 Å². The summed E-state index contributed by atoms with van der Waals surface area (Å²) in [5, 5.41) is -0.0705. The normalized spacial score (nSPS) is 9.47. The molecule has 0 saturated heterocycles. The molecular formula is C8H7BrFN3OS. The van der Waals surface area contributed by atoms with Crippen LogP contribution in [0.2, 0.25) is 0 Å². The summed E-state index contributed by atoms with van der Waals surface area (Å²) in [4.78, 5) is 11.4. The zero-order chi connectivity index (χ0) is 11.4. The van der Waals surface area contributed by atoms with Crippen LogP contribution in [0, 0.1) is 5.82 Å². The van der Waals surface area contributed by atoms with Gasteiger partial charge in [-0.25, -0.2) is 4.39 Å². The first kappa shape index (κ1) is 11.9. The third-order valence-electron chi connectivity index (χ3n) is 1.42. The van der Waals surface area contributed by atoms with Gasteiger partial charge in [0.1, 0.15) is 5.82 Å². The smallest absolute Gasteiger partial charge is 0.269 e. The van der Waals surface area contributed by atoms with Crippen molar-refractivity contribution in [1.29, 1.82) is 0 Å². The van der Waals surface area contributed by atoms with Gasteiger partial charge in [0.25, 0.3) is 5.91 Å². The Hall–Kier alpha value is -1.21. The molecule has 1 rings (SSSR count). The zero-order valence-electron chi connectivity index (χ0n) is 7.38. The van der Waals surface area contributed by atoms with Crippen molar-refractivity contribution < 1.29 is 9.18 Å². The molecule has 4 N–H and O–H groups in total. The minimum Gasteiger partial charge on any atom is -0.375 e. The lowest BCUT2D eigenvalue weighted by atomic mass is 10.2. The number of hydrogen-bond acceptors (Lipinski definition) is 2. The average Bonchev–Trinajstić information content (AvgIpc) is 2.12. The van der Waals surface area contributed by atoms with E-state index in [-0.39, 0.29) is 10.7 Å². The Balaban J connectivity index is 2.77. The minimum atomic E-state index is -0.525. The van der Waals surface area contributed by atoms with Crippen molar-refractivity contribution in [3.05, 3.63) is 34.1 Å². The maximum absolute atomic E-state index is 12.9. The predicted molar refractivity (Wildman–Crippen MR) is 61.5 cm³/mol. The maximum Gasteiger partial charge on any atom is 0.269 e. The molecule has 0 unspecified atom stereocenters. The number of carbonyl (C=O) groups is 1. The van der Waals surface area contributed by atoms with Crippen LogP contribution in [0.15, 0.2) is 22.7 Å². The molecule has 1 aromatic rings. The molecule has 1 aromatic carbocycles. The number of benzene rings is 1. The van der Waals surface area contributed by atoms with Gasteiger partial charge in [0.15, 0.2) is 5.11 Å². The summed E-state index contributed by atoms with van der Waals surface area (Å²) in [6.07, 6.45) is 0. The standard InChI is InChI=1S/C8H7BrFN3OS/c9-5-1-4(2-6(10)3-5)7(14)12-13-8(11)15/h1-3H,(H,12,14)(H3,11,13,15). The van der Waals surface area contributed by atoms with Gasteiger partial charge < -0.3 is 5.73 Å². The number of carbonyl (C=O) groups excluding carboxylic acids is 1. The fraction of sp³-hybridized carbons (Fsp3) is 0. The van der Waals surface area contributed by atoms with E-state index in [1.54, 1.807) is 0 Å². The fourth-order valence-electron chi connectivity index (χ4n) is 0.875. The lowest BCUT2D eigenvalue weighted by Gasteiger charge is -2.06. The van der Waals surface area contributed by atoms with Gasteiger partial charge in [-0.05, 0) is 30.4 Å². The first-order chi connectivity index (χ1) is 6.99. The lowest BCUT2D eigenvalue weighted by Crippen LogP contribution is -2.44. The molecule has 0 aliphatic heterocycles. The van der Waals surface area contributed by atoms with Crippen molar-refractivity contribution in [2.75, 3.05) is 0 Å². The molecule has 0 aliphatic rings. The van der Waals surface area contributed by atoms with E-state index in [1.165, 1.54) is 12.1 Å². The van der Waals surface area contributed by atoms with E-state index in [2.05, 4.69) is 39.0 Å². The number of hydrogen-bond donors (Lipinski definition) is 3. The van der Waals surface area contributed by atoms with Crippen LogP contribution >= 0.6 is 28.1 Å². The second kappa shape index (κ2) is 5.04. The van der Waals surface area contributed by atoms with Gasteiger partial charge in [-0.15, -0.1) is 0 Å². The van der Waals surface area contributed by atoms with Gasteiger partial charge in [-0.2, -0.15) is 0 Å². The first-order valence-corrected chi connectivity index (χ1v) is 5.01. The quantitative estimate of drug-likeness (QED) is 0.535. The Morgan fingerprint density at radius 3 is 2.60 bits per heavy atom. The van der Waals surface area contributed by atoms with Crippen molar-refractivity contribution >= 4 is 39.2 Å². The van der Waals surface area contributed by atoms with Crippen LogP contribution in [-0.4, -0.2) is 11.0 Å². The van der Waals surface area contributed by atoms with E-state index in [0.717, 1.165) is 6.07 Å². The largest absolute Gasteiger partial charge is 0.375 e. The molecule has 80 valence electrons. The predicted octanol–water partition coefficient (Wildman–Crippen LogP) is 1.07. The molecule has 0 fully saturated rings. The van der Waals surface area contributed by atoms with E-state index in [0.29, 0.717) is 4.47 Å². The van der Waals surface area contributed by atoms with Gasteiger partial charge in [-0.3, -0.25) is 15.6 Å². The van der Waals surface area contributed by atoms with E-state index in [1.807, 2.05) is 0 Å². The van der Waals surface area contributed by atoms with Crippen molar-refractivity contribution in [2.45, 2.75) is 0 Å². The van der Waals surface area contributed by atoms with Crippen LogP contribution in [0.1, 0.15) is 10.4 Å². The molecular weight excluding hydrogens is 285 g/mol. The highest BCUT2D eigenvalue weighted by atomic mass is 79.9. The molecule has 1 amide bonds. The number of nitrogens with two attached hydrogens (primary N) is 1. The summed E-state index contributed by atoms with van der Waals surface area (Å²) in [6.45, 7) is 0. The molecule has 0 saturated carbocycles. The summed E-state index contributed by atoms with van der Waals surface area (Å²) in [6, 6.07) is 3.82. The number of hydrazine groups is 1. The molecule has 4 nitrogen and oxygen atoms in total. The first-order valence-electron chi connectivity index (χ1n) is 3.81. The Kier molecular flexibility index (Phi) is 3.98. The van der Waals surface area contributed by atoms with E-state index < -0.39 is 11.7 Å². The number of rotatable bonds is 1. The summed E-state index contributed by atoms with van der Waals surface area (Å²) in [5.74, 6) is -1.03. The lowest BCUT2D eigenvalue weighted by molar-refractivity contribution is 0.0943. The van der Waals surface area contributed by atoms with Crippen LogP contribution in [0.4, 0.5) is 4.39 Å². The van der Waals surface area contributed by atoms with Crippen LogP contribution in [0.25, 0.3) is 0 Å². The number of nitrogens with one attached hydrogen (secondary N) is 2. The third kappa shape index (κ3) is 3.80. The molecule has 0 aromatic heterocycles. The Labute approximate surface area is 99.1 Å². The Morgan fingerprint density at radius 1 is 1.40 bits per heavy atom. The van der Waals surface area contributed by atoms with Gasteiger partial charge in [-0.1, -0.05) is 15.9 Å². The highest BCUT2D eigenvalue weighted by Gasteiger charge is 2.07. The molecule has 0 spiro atoms. The summed E-state index contributed by atoms with van der Waals surface area (Å²) < 4.78 is 13.4. The van der Waals surface area contributed by atoms with E-state index >= 15 is 0 Å². The van der Waals surface area contributed by atoms with Gasteiger partial charge in [0, 0.05) is 10.0 Å². The zero-order valence-corrected chi connectivity index (χ0v) is 9.78. The molecule has 15 heavy (non-hydrogen) atoms. The van der Waals surface area contributed by atoms with Crippen LogP contribution in [0.5, 0.6) is 0 Å². The molecule has 0 bridgehead atoms. The molecule has 0 atom stereocenters. The Bertz CT molecular complexity index is 393. The highest BCUT2D eigenvalue weighted by Crippen LogP contribution is 2.14. The molecule has 0 radical (unpaired) electrons. The summed E-state index contributed by atoms with van der Waals surface area (Å²) in [5.41, 5.74) is 9.72. The monoisotopic (exact) mass is 291 g/mol. The minimum absolute atomic E-state index is 0.0705. The van der Waals surface area contributed by atoms with Crippen molar-refractivity contribution in [3.8, 4) is 0 Å². The van der Waals surface area contributed by atoms with Crippen molar-refractivity contribution in [3.63, 3.8) is 0 Å². The SMILES string of the molecule is NC(=S)NNC(=O)c1cc(F)cc(Br)c1. The summed E-state index contributed by atoms with van der Waals surface area (Å²) >= 11 is 7.55. The van der Waals surface area contributed by atoms with Gasteiger partial charge in [0.05, 0.1) is 0 Å². The number of halogens is 2. The van der Waals surface area contributed by atoms with Crippen molar-refractivity contribution in [1.82, 2.24) is 10.9 Å². The maximum atomic E-state index is 12.9. The summed E-state index contributed by atoms with van der Waals surface area (Å²) in [7, 11) is 0. The second-order valence-corrected chi connectivity index (χ2v) is 3.96. The van der Waals surface area contributed by atoms with Crippen molar-refractivity contribution in [2.24, 2.45) is 5.73 Å². The topological polar surface area (TPSA) is 67.2 Å². The Morgan fingerprint density at radius 2 is 2.07 bits per heavy atom. The highest BCUT2D eigenvalue weighted by molar-refractivity contribution is 9.10.